The van der Waals surface area contributed by atoms with E-state index in [1.165, 1.54) is 0 Å². The summed E-state index contributed by atoms with van der Waals surface area (Å²) in [4.78, 5) is 15.5. The predicted molar refractivity (Wildman–Crippen MR) is 87.6 cm³/mol. The molecule has 0 unspecified atom stereocenters. The zero-order valence-electron chi connectivity index (χ0n) is 13.1. The van der Waals surface area contributed by atoms with Crippen LogP contribution in [0.25, 0.3) is 16.7 Å². The minimum absolute atomic E-state index is 0.174. The SMILES string of the molecule is Cc1cc(C)n(-c2ccc3cccc(OCCC(N)=O)c3n2)n1. The van der Waals surface area contributed by atoms with Crippen molar-refractivity contribution < 1.29 is 9.53 Å². The van der Waals surface area contributed by atoms with Gasteiger partial charge >= 0.3 is 0 Å². The van der Waals surface area contributed by atoms with Crippen LogP contribution in [0.15, 0.2) is 36.4 Å². The molecule has 0 atom stereocenters. The standard InChI is InChI=1S/C17H18N4O2/c1-11-10-12(2)21(20-11)16-7-6-13-4-3-5-14(17(13)19-16)23-9-8-15(18)22/h3-7,10H,8-9H2,1-2H3,(H2,18,22). The minimum atomic E-state index is -0.387. The van der Waals surface area contributed by atoms with Gasteiger partial charge in [-0.25, -0.2) is 9.67 Å². The van der Waals surface area contributed by atoms with Crippen LogP contribution < -0.4 is 10.5 Å². The number of aromatic nitrogens is 3. The van der Waals surface area contributed by atoms with E-state index in [4.69, 9.17) is 10.5 Å². The summed E-state index contributed by atoms with van der Waals surface area (Å²) < 4.78 is 7.46. The number of benzene rings is 1. The van der Waals surface area contributed by atoms with Crippen LogP contribution >= 0.6 is 0 Å². The number of hydrogen-bond acceptors (Lipinski definition) is 4. The summed E-state index contributed by atoms with van der Waals surface area (Å²) in [6.07, 6.45) is 0.174. The number of carbonyl (C=O) groups excluding carboxylic acids is 1. The van der Waals surface area contributed by atoms with Crippen molar-refractivity contribution in [3.05, 3.63) is 47.8 Å². The van der Waals surface area contributed by atoms with Crippen LogP contribution in [0.4, 0.5) is 0 Å². The first-order valence-electron chi connectivity index (χ1n) is 7.39. The first-order chi connectivity index (χ1) is 11.0. The Morgan fingerprint density at radius 3 is 2.78 bits per heavy atom. The molecule has 2 N–H and O–H groups in total. The molecule has 23 heavy (non-hydrogen) atoms. The Morgan fingerprint density at radius 1 is 1.26 bits per heavy atom. The molecule has 0 aliphatic rings. The molecule has 1 aromatic carbocycles. The Hall–Kier alpha value is -2.89. The molecule has 0 aliphatic heterocycles. The van der Waals surface area contributed by atoms with Gasteiger partial charge in [0, 0.05) is 11.1 Å². The number of para-hydroxylation sites is 1. The summed E-state index contributed by atoms with van der Waals surface area (Å²) in [7, 11) is 0. The fraction of sp³-hybridized carbons (Fsp3) is 0.235. The van der Waals surface area contributed by atoms with Gasteiger partial charge in [-0.1, -0.05) is 12.1 Å². The molecule has 0 radical (unpaired) electrons. The van der Waals surface area contributed by atoms with Gasteiger partial charge in [-0.3, -0.25) is 4.79 Å². The first kappa shape index (κ1) is 15.0. The lowest BCUT2D eigenvalue weighted by atomic mass is 10.2. The molecule has 2 aromatic heterocycles. The van der Waals surface area contributed by atoms with Gasteiger partial charge in [0.15, 0.2) is 5.82 Å². The molecule has 0 fully saturated rings. The predicted octanol–water partition coefficient (Wildman–Crippen LogP) is 2.29. The lowest BCUT2D eigenvalue weighted by Crippen LogP contribution is -2.14. The molecule has 2 heterocycles. The number of primary amides is 1. The number of fused-ring (bicyclic) bond motifs is 1. The summed E-state index contributed by atoms with van der Waals surface area (Å²) in [5.74, 6) is 0.975. The molecule has 1 amide bonds. The van der Waals surface area contributed by atoms with Crippen LogP contribution in [-0.4, -0.2) is 27.3 Å². The molecule has 0 spiro atoms. The highest BCUT2D eigenvalue weighted by Gasteiger charge is 2.09. The van der Waals surface area contributed by atoms with Gasteiger partial charge in [-0.15, -0.1) is 0 Å². The van der Waals surface area contributed by atoms with Crippen LogP contribution in [0.5, 0.6) is 5.75 Å². The average Bonchev–Trinajstić information content (AvgIpc) is 2.85. The second kappa shape index (κ2) is 6.08. The highest BCUT2D eigenvalue weighted by molar-refractivity contribution is 5.85. The summed E-state index contributed by atoms with van der Waals surface area (Å²) in [5, 5.41) is 5.42. The second-order valence-corrected chi connectivity index (χ2v) is 5.40. The monoisotopic (exact) mass is 310 g/mol. The normalized spacial score (nSPS) is 10.9. The molecule has 118 valence electrons. The van der Waals surface area contributed by atoms with Crippen molar-refractivity contribution in [3.8, 4) is 11.6 Å². The number of rotatable bonds is 5. The number of amides is 1. The maximum absolute atomic E-state index is 10.8. The molecule has 6 nitrogen and oxygen atoms in total. The van der Waals surface area contributed by atoms with Crippen molar-refractivity contribution in [1.29, 1.82) is 0 Å². The third-order valence-electron chi connectivity index (χ3n) is 3.50. The van der Waals surface area contributed by atoms with Crippen LogP contribution in [0, 0.1) is 13.8 Å². The van der Waals surface area contributed by atoms with E-state index in [2.05, 4.69) is 10.1 Å². The summed E-state index contributed by atoms with van der Waals surface area (Å²) in [6, 6.07) is 11.6. The van der Waals surface area contributed by atoms with Gasteiger partial charge in [0.25, 0.3) is 0 Å². The van der Waals surface area contributed by atoms with Gasteiger partial charge in [0.2, 0.25) is 5.91 Å². The molecule has 0 saturated carbocycles. The fourth-order valence-electron chi connectivity index (χ4n) is 2.47. The number of nitrogens with two attached hydrogens (primary N) is 1. The largest absolute Gasteiger partial charge is 0.491 e. The maximum atomic E-state index is 10.8. The fourth-order valence-corrected chi connectivity index (χ4v) is 2.47. The molecule has 3 rings (SSSR count). The third kappa shape index (κ3) is 3.15. The second-order valence-electron chi connectivity index (χ2n) is 5.40. The quantitative estimate of drug-likeness (QED) is 0.783. The summed E-state index contributed by atoms with van der Waals surface area (Å²) in [6.45, 7) is 4.17. The highest BCUT2D eigenvalue weighted by atomic mass is 16.5. The van der Waals surface area contributed by atoms with Crippen LogP contribution in [0.1, 0.15) is 17.8 Å². The number of hydrogen-bond donors (Lipinski definition) is 1. The Balaban J connectivity index is 2.00. The van der Waals surface area contributed by atoms with Crippen molar-refractivity contribution in [2.24, 2.45) is 5.73 Å². The van der Waals surface area contributed by atoms with Gasteiger partial charge in [-0.2, -0.15) is 5.10 Å². The van der Waals surface area contributed by atoms with E-state index >= 15 is 0 Å². The van der Waals surface area contributed by atoms with E-state index in [1.807, 2.05) is 50.2 Å². The van der Waals surface area contributed by atoms with E-state index in [0.717, 1.165) is 28.1 Å². The number of aryl methyl sites for hydroxylation is 2. The molecular formula is C17H18N4O2. The number of nitrogens with zero attached hydrogens (tertiary/aromatic N) is 3. The highest BCUT2D eigenvalue weighted by Crippen LogP contribution is 2.25. The van der Waals surface area contributed by atoms with E-state index in [9.17, 15) is 4.79 Å². The Morgan fingerprint density at radius 2 is 2.09 bits per heavy atom. The Kier molecular flexibility index (Phi) is 3.97. The minimum Gasteiger partial charge on any atom is -0.491 e. The zero-order valence-corrected chi connectivity index (χ0v) is 13.1. The third-order valence-corrected chi connectivity index (χ3v) is 3.50. The van der Waals surface area contributed by atoms with Crippen molar-refractivity contribution in [2.75, 3.05) is 6.61 Å². The molecule has 3 aromatic rings. The zero-order chi connectivity index (χ0) is 16.4. The average molecular weight is 310 g/mol. The number of pyridine rings is 1. The first-order valence-corrected chi connectivity index (χ1v) is 7.39. The van der Waals surface area contributed by atoms with Crippen molar-refractivity contribution in [2.45, 2.75) is 20.3 Å². The summed E-state index contributed by atoms with van der Waals surface area (Å²) >= 11 is 0. The molecular weight excluding hydrogens is 292 g/mol. The van der Waals surface area contributed by atoms with Crippen LogP contribution in [0.3, 0.4) is 0 Å². The summed E-state index contributed by atoms with van der Waals surface area (Å²) in [5.41, 5.74) is 7.84. The lowest BCUT2D eigenvalue weighted by molar-refractivity contribution is -0.118. The molecule has 6 heteroatoms. The van der Waals surface area contributed by atoms with Gasteiger partial charge in [-0.05, 0) is 38.1 Å². The van der Waals surface area contributed by atoms with E-state index in [-0.39, 0.29) is 18.9 Å². The molecule has 0 saturated heterocycles. The number of ether oxygens (including phenoxy) is 1. The van der Waals surface area contributed by atoms with Crippen molar-refractivity contribution in [3.63, 3.8) is 0 Å². The van der Waals surface area contributed by atoms with Crippen LogP contribution in [0.2, 0.25) is 0 Å². The van der Waals surface area contributed by atoms with Crippen molar-refractivity contribution in [1.82, 2.24) is 14.8 Å². The molecule has 0 aliphatic carbocycles. The van der Waals surface area contributed by atoms with Gasteiger partial charge in [0.1, 0.15) is 11.3 Å². The van der Waals surface area contributed by atoms with Gasteiger partial charge in [0.05, 0.1) is 18.7 Å². The smallest absolute Gasteiger partial charge is 0.220 e. The maximum Gasteiger partial charge on any atom is 0.220 e. The van der Waals surface area contributed by atoms with E-state index < -0.39 is 0 Å². The lowest BCUT2D eigenvalue weighted by Gasteiger charge is -2.10. The molecule has 0 bridgehead atoms. The topological polar surface area (TPSA) is 83.0 Å². The van der Waals surface area contributed by atoms with Crippen LogP contribution in [-0.2, 0) is 4.79 Å². The Bertz CT molecular complexity index is 870. The van der Waals surface area contributed by atoms with E-state index in [0.29, 0.717) is 5.75 Å². The Labute approximate surface area is 133 Å². The van der Waals surface area contributed by atoms with Gasteiger partial charge < -0.3 is 10.5 Å². The van der Waals surface area contributed by atoms with E-state index in [1.54, 1.807) is 4.68 Å². The van der Waals surface area contributed by atoms with Crippen molar-refractivity contribution >= 4 is 16.8 Å². The number of carbonyl (C=O) groups is 1.